The second kappa shape index (κ2) is 4.48. The first-order valence-electron chi connectivity index (χ1n) is 3.72. The van der Waals surface area contributed by atoms with Gasteiger partial charge in [-0.3, -0.25) is 0 Å². The molecule has 0 aliphatic carbocycles. The highest BCUT2D eigenvalue weighted by Gasteiger charge is 2.36. The third-order valence-electron chi connectivity index (χ3n) is 1.82. The Morgan fingerprint density at radius 2 is 1.85 bits per heavy atom. The van der Waals surface area contributed by atoms with Crippen LogP contribution in [0.25, 0.3) is 0 Å². The zero-order chi connectivity index (χ0) is 10.6. The molecule has 0 aliphatic heterocycles. The second-order valence-electron chi connectivity index (χ2n) is 2.99. The molecule has 0 saturated carbocycles. The van der Waals surface area contributed by atoms with Crippen LogP contribution in [-0.4, -0.2) is 50.6 Å². The summed E-state index contributed by atoms with van der Waals surface area (Å²) >= 11 is 0. The van der Waals surface area contributed by atoms with Crippen molar-refractivity contribution in [2.45, 2.75) is 30.8 Å². The van der Waals surface area contributed by atoms with Crippen LogP contribution in [-0.2, 0) is 4.79 Å². The van der Waals surface area contributed by atoms with Gasteiger partial charge in [0.25, 0.3) is 0 Å². The van der Waals surface area contributed by atoms with Crippen molar-refractivity contribution in [2.24, 2.45) is 0 Å². The lowest BCUT2D eigenvalue weighted by Gasteiger charge is -2.30. The van der Waals surface area contributed by atoms with Gasteiger partial charge < -0.3 is 25.2 Å². The molecule has 0 aliphatic rings. The number of hydrogen-bond donors (Lipinski definition) is 4. The van der Waals surface area contributed by atoms with E-state index in [-0.39, 0.29) is 6.29 Å². The quantitative estimate of drug-likeness (QED) is 0.303. The van der Waals surface area contributed by atoms with Crippen molar-refractivity contribution >= 4 is 6.29 Å². The van der Waals surface area contributed by atoms with E-state index in [1.54, 1.807) is 0 Å². The van der Waals surface area contributed by atoms with Crippen LogP contribution in [0.1, 0.15) is 6.92 Å². The highest BCUT2D eigenvalue weighted by molar-refractivity contribution is 5.56. The van der Waals surface area contributed by atoms with Crippen LogP contribution in [0.4, 0.5) is 0 Å². The average molecular weight is 190 g/mol. The Balaban J connectivity index is 4.49. The van der Waals surface area contributed by atoms with E-state index >= 15 is 0 Å². The van der Waals surface area contributed by atoms with Gasteiger partial charge >= 0.3 is 0 Å². The summed E-state index contributed by atoms with van der Waals surface area (Å²) in [7, 11) is 0. The highest BCUT2D eigenvalue weighted by atomic mass is 16.4. The molecule has 0 aromatic carbocycles. The van der Waals surface area contributed by atoms with Crippen molar-refractivity contribution in [2.75, 3.05) is 0 Å². The molecule has 4 atom stereocenters. The SMILES string of the molecule is C=C[C@@](C)(O)[C@@H](O)[C@@H](O)[C@H](O)C=O. The van der Waals surface area contributed by atoms with Crippen LogP contribution in [0.2, 0.25) is 0 Å². The van der Waals surface area contributed by atoms with Gasteiger partial charge in [0, 0.05) is 0 Å². The highest BCUT2D eigenvalue weighted by Crippen LogP contribution is 2.15. The lowest BCUT2D eigenvalue weighted by molar-refractivity contribution is -0.141. The maximum atomic E-state index is 10.0. The summed E-state index contributed by atoms with van der Waals surface area (Å²) in [5.74, 6) is 0. The molecule has 0 aromatic rings. The fraction of sp³-hybridized carbons (Fsp3) is 0.625. The summed E-state index contributed by atoms with van der Waals surface area (Å²) in [6, 6.07) is 0. The summed E-state index contributed by atoms with van der Waals surface area (Å²) in [6.45, 7) is 4.43. The van der Waals surface area contributed by atoms with Crippen LogP contribution in [0.3, 0.4) is 0 Å². The van der Waals surface area contributed by atoms with E-state index in [4.69, 9.17) is 10.2 Å². The lowest BCUT2D eigenvalue weighted by atomic mass is 9.92. The number of aliphatic hydroxyl groups excluding tert-OH is 3. The van der Waals surface area contributed by atoms with Crippen molar-refractivity contribution in [3.05, 3.63) is 12.7 Å². The van der Waals surface area contributed by atoms with Crippen LogP contribution < -0.4 is 0 Å². The van der Waals surface area contributed by atoms with E-state index < -0.39 is 23.9 Å². The maximum Gasteiger partial charge on any atom is 0.151 e. The number of rotatable bonds is 5. The minimum absolute atomic E-state index is 0.0764. The van der Waals surface area contributed by atoms with Crippen LogP contribution in [0.5, 0.6) is 0 Å². The van der Waals surface area contributed by atoms with Crippen molar-refractivity contribution in [3.8, 4) is 0 Å². The molecule has 0 rings (SSSR count). The van der Waals surface area contributed by atoms with E-state index in [0.29, 0.717) is 0 Å². The Kier molecular flexibility index (Phi) is 4.22. The number of aldehydes is 1. The third-order valence-corrected chi connectivity index (χ3v) is 1.82. The zero-order valence-corrected chi connectivity index (χ0v) is 7.29. The van der Waals surface area contributed by atoms with Gasteiger partial charge in [-0.2, -0.15) is 0 Å². The largest absolute Gasteiger partial charge is 0.387 e. The molecule has 4 N–H and O–H groups in total. The van der Waals surface area contributed by atoms with E-state index in [0.717, 1.165) is 6.08 Å². The monoisotopic (exact) mass is 190 g/mol. The zero-order valence-electron chi connectivity index (χ0n) is 7.29. The van der Waals surface area contributed by atoms with Crippen LogP contribution in [0, 0.1) is 0 Å². The first-order valence-corrected chi connectivity index (χ1v) is 3.72. The molecular formula is C8H14O5. The fourth-order valence-electron chi connectivity index (χ4n) is 0.734. The molecule has 0 aromatic heterocycles. The number of carbonyl (C=O) groups excluding carboxylic acids is 1. The first kappa shape index (κ1) is 12.2. The van der Waals surface area contributed by atoms with Gasteiger partial charge in [-0.1, -0.05) is 6.08 Å². The molecule has 0 bridgehead atoms. The summed E-state index contributed by atoms with van der Waals surface area (Å²) in [4.78, 5) is 10.0. The summed E-state index contributed by atoms with van der Waals surface area (Å²) in [6.07, 6.45) is -4.03. The topological polar surface area (TPSA) is 98.0 Å². The molecule has 0 heterocycles. The Labute approximate surface area is 75.9 Å². The van der Waals surface area contributed by atoms with Crippen LogP contribution >= 0.6 is 0 Å². The molecule has 0 amide bonds. The molecule has 0 radical (unpaired) electrons. The number of aliphatic hydroxyl groups is 4. The minimum atomic E-state index is -1.75. The molecule has 0 fully saturated rings. The molecule has 5 nitrogen and oxygen atoms in total. The molecule has 0 spiro atoms. The normalized spacial score (nSPS) is 22.5. The smallest absolute Gasteiger partial charge is 0.151 e. The first-order chi connectivity index (χ1) is 5.86. The summed E-state index contributed by atoms with van der Waals surface area (Å²) < 4.78 is 0. The van der Waals surface area contributed by atoms with Gasteiger partial charge in [0.05, 0.1) is 0 Å². The Morgan fingerprint density at radius 1 is 1.38 bits per heavy atom. The summed E-state index contributed by atoms with van der Waals surface area (Å²) in [5, 5.41) is 36.6. The minimum Gasteiger partial charge on any atom is -0.387 e. The standard InChI is InChI=1S/C8H14O5/c1-3-8(2,13)7(12)6(11)5(10)4-9/h3-7,10-13H,1H2,2H3/t5-,6+,7+,8-/m1/s1. The van der Waals surface area contributed by atoms with Gasteiger partial charge in [0.15, 0.2) is 6.29 Å². The Hall–Kier alpha value is -0.750. The lowest BCUT2D eigenvalue weighted by Crippen LogP contribution is -2.50. The average Bonchev–Trinajstić information content (AvgIpc) is 2.14. The van der Waals surface area contributed by atoms with Gasteiger partial charge in [-0.25, -0.2) is 0 Å². The Bertz CT molecular complexity index is 189. The Morgan fingerprint density at radius 3 is 2.15 bits per heavy atom. The van der Waals surface area contributed by atoms with Gasteiger partial charge in [0.2, 0.25) is 0 Å². The number of hydrogen-bond acceptors (Lipinski definition) is 5. The predicted molar refractivity (Wildman–Crippen MR) is 44.9 cm³/mol. The van der Waals surface area contributed by atoms with Crippen molar-refractivity contribution in [1.82, 2.24) is 0 Å². The van der Waals surface area contributed by atoms with Crippen molar-refractivity contribution in [3.63, 3.8) is 0 Å². The predicted octanol–water partition coefficient (Wildman–Crippen LogP) is -1.80. The van der Waals surface area contributed by atoms with E-state index in [9.17, 15) is 15.0 Å². The fourth-order valence-corrected chi connectivity index (χ4v) is 0.734. The van der Waals surface area contributed by atoms with E-state index in [1.165, 1.54) is 6.92 Å². The van der Waals surface area contributed by atoms with Crippen molar-refractivity contribution < 1.29 is 25.2 Å². The van der Waals surface area contributed by atoms with Gasteiger partial charge in [0.1, 0.15) is 23.9 Å². The van der Waals surface area contributed by atoms with Crippen molar-refractivity contribution in [1.29, 1.82) is 0 Å². The van der Waals surface area contributed by atoms with E-state index in [2.05, 4.69) is 6.58 Å². The molecule has 13 heavy (non-hydrogen) atoms. The molecule has 76 valence electrons. The van der Waals surface area contributed by atoms with Gasteiger partial charge in [-0.05, 0) is 6.92 Å². The van der Waals surface area contributed by atoms with Gasteiger partial charge in [-0.15, -0.1) is 6.58 Å². The molecule has 0 saturated heterocycles. The second-order valence-corrected chi connectivity index (χ2v) is 2.99. The molecule has 5 heteroatoms. The molecular weight excluding hydrogens is 176 g/mol. The van der Waals surface area contributed by atoms with Crippen LogP contribution in [0.15, 0.2) is 12.7 Å². The number of carbonyl (C=O) groups is 1. The maximum absolute atomic E-state index is 10.0. The van der Waals surface area contributed by atoms with E-state index in [1.807, 2.05) is 0 Å². The third kappa shape index (κ3) is 2.89. The summed E-state index contributed by atoms with van der Waals surface area (Å²) in [5.41, 5.74) is -1.75. The molecule has 0 unspecified atom stereocenters.